The Hall–Kier alpha value is -1.02. The summed E-state index contributed by atoms with van der Waals surface area (Å²) in [5, 5.41) is 9.76. The molecule has 0 bridgehead atoms. The molecule has 72 valence electrons. The number of ether oxygens (including phenoxy) is 1. The quantitative estimate of drug-likeness (QED) is 0.774. The van der Waals surface area contributed by atoms with Gasteiger partial charge in [0, 0.05) is 12.7 Å². The van der Waals surface area contributed by atoms with E-state index in [1.54, 1.807) is 7.11 Å². The molecule has 0 radical (unpaired) electrons. The summed E-state index contributed by atoms with van der Waals surface area (Å²) in [7, 11) is 1.63. The van der Waals surface area contributed by atoms with E-state index in [2.05, 4.69) is 0 Å². The molecule has 1 N–H and O–H groups in total. The molecule has 1 aromatic carbocycles. The van der Waals surface area contributed by atoms with Crippen molar-refractivity contribution in [2.75, 3.05) is 7.11 Å². The van der Waals surface area contributed by atoms with Crippen LogP contribution in [0.1, 0.15) is 23.6 Å². The highest BCUT2D eigenvalue weighted by atomic mass is 16.5. The minimum Gasteiger partial charge on any atom is -0.507 e. The van der Waals surface area contributed by atoms with Crippen LogP contribution in [0.3, 0.4) is 0 Å². The molecule has 0 unspecified atom stereocenters. The van der Waals surface area contributed by atoms with Crippen LogP contribution in [0.25, 0.3) is 0 Å². The summed E-state index contributed by atoms with van der Waals surface area (Å²) in [4.78, 5) is 0. The molecule has 0 fully saturated rings. The van der Waals surface area contributed by atoms with Crippen LogP contribution in [0, 0.1) is 6.92 Å². The molecule has 1 rings (SSSR count). The Balaban J connectivity index is 3.11. The molecule has 0 aromatic heterocycles. The number of phenolic OH excluding ortho intramolecular Hbond substituents is 1. The third-order valence-corrected chi connectivity index (χ3v) is 2.09. The molecule has 2 nitrogen and oxygen atoms in total. The van der Waals surface area contributed by atoms with Gasteiger partial charge in [-0.25, -0.2) is 0 Å². The number of methoxy groups -OCH3 is 1. The van der Waals surface area contributed by atoms with E-state index < -0.39 is 0 Å². The number of aromatic hydroxyl groups is 1. The fraction of sp³-hybridized carbons (Fsp3) is 0.455. The average Bonchev–Trinajstić information content (AvgIpc) is 2.11. The Morgan fingerprint density at radius 1 is 1.31 bits per heavy atom. The van der Waals surface area contributed by atoms with Crippen LogP contribution >= 0.6 is 0 Å². The lowest BCUT2D eigenvalue weighted by atomic mass is 10.0. The maximum absolute atomic E-state index is 9.76. The predicted molar refractivity (Wildman–Crippen MR) is 52.9 cm³/mol. The molecule has 1 aromatic rings. The molecule has 0 aliphatic heterocycles. The van der Waals surface area contributed by atoms with Crippen LogP contribution in [0.15, 0.2) is 12.1 Å². The standard InChI is InChI=1S/C11H16O2/c1-4-9-5-8(2)6-10(7-13-3)11(9)12/h5-6,12H,4,7H2,1-3H3. The van der Waals surface area contributed by atoms with Crippen molar-refractivity contribution in [3.8, 4) is 5.75 Å². The number of hydrogen-bond acceptors (Lipinski definition) is 2. The first-order valence-electron chi connectivity index (χ1n) is 4.49. The van der Waals surface area contributed by atoms with Gasteiger partial charge in [0.1, 0.15) is 5.75 Å². The van der Waals surface area contributed by atoms with Crippen LogP contribution in [0.2, 0.25) is 0 Å². The number of rotatable bonds is 3. The summed E-state index contributed by atoms with van der Waals surface area (Å²) in [5.41, 5.74) is 3.04. The van der Waals surface area contributed by atoms with Gasteiger partial charge in [0.2, 0.25) is 0 Å². The first-order chi connectivity index (χ1) is 6.19. The van der Waals surface area contributed by atoms with Crippen molar-refractivity contribution in [2.45, 2.75) is 26.9 Å². The highest BCUT2D eigenvalue weighted by molar-refractivity contribution is 5.43. The molecule has 0 heterocycles. The van der Waals surface area contributed by atoms with Gasteiger partial charge in [-0.2, -0.15) is 0 Å². The minimum absolute atomic E-state index is 0.384. The van der Waals surface area contributed by atoms with E-state index in [1.165, 1.54) is 5.56 Å². The number of phenols is 1. The molecular formula is C11H16O2. The second-order valence-electron chi connectivity index (χ2n) is 3.22. The van der Waals surface area contributed by atoms with Crippen molar-refractivity contribution in [3.63, 3.8) is 0 Å². The third-order valence-electron chi connectivity index (χ3n) is 2.09. The van der Waals surface area contributed by atoms with E-state index in [0.29, 0.717) is 12.4 Å². The van der Waals surface area contributed by atoms with Gasteiger partial charge in [0.25, 0.3) is 0 Å². The van der Waals surface area contributed by atoms with E-state index in [0.717, 1.165) is 17.5 Å². The minimum atomic E-state index is 0.384. The van der Waals surface area contributed by atoms with Crippen LogP contribution in [-0.4, -0.2) is 12.2 Å². The molecule has 13 heavy (non-hydrogen) atoms. The molecule has 0 saturated carbocycles. The van der Waals surface area contributed by atoms with Crippen molar-refractivity contribution < 1.29 is 9.84 Å². The lowest BCUT2D eigenvalue weighted by Crippen LogP contribution is -1.93. The van der Waals surface area contributed by atoms with E-state index in [-0.39, 0.29) is 0 Å². The van der Waals surface area contributed by atoms with Gasteiger partial charge in [-0.1, -0.05) is 24.6 Å². The van der Waals surface area contributed by atoms with Gasteiger partial charge in [0.05, 0.1) is 6.61 Å². The zero-order valence-corrected chi connectivity index (χ0v) is 8.42. The van der Waals surface area contributed by atoms with Crippen molar-refractivity contribution in [1.29, 1.82) is 0 Å². The molecule has 0 spiro atoms. The zero-order valence-electron chi connectivity index (χ0n) is 8.42. The normalized spacial score (nSPS) is 10.4. The lowest BCUT2D eigenvalue weighted by molar-refractivity contribution is 0.182. The molecule has 2 heteroatoms. The predicted octanol–water partition coefficient (Wildman–Crippen LogP) is 2.41. The number of hydrogen-bond donors (Lipinski definition) is 1. The molecule has 0 saturated heterocycles. The molecule has 0 amide bonds. The Morgan fingerprint density at radius 3 is 2.46 bits per heavy atom. The number of aryl methyl sites for hydroxylation is 2. The van der Waals surface area contributed by atoms with Crippen molar-refractivity contribution in [2.24, 2.45) is 0 Å². The smallest absolute Gasteiger partial charge is 0.124 e. The topological polar surface area (TPSA) is 29.5 Å². The maximum atomic E-state index is 9.76. The summed E-state index contributed by atoms with van der Waals surface area (Å²) in [5.74, 6) is 0.384. The van der Waals surface area contributed by atoms with Crippen LogP contribution in [0.5, 0.6) is 5.75 Å². The largest absolute Gasteiger partial charge is 0.507 e. The summed E-state index contributed by atoms with van der Waals surface area (Å²) >= 11 is 0. The van der Waals surface area contributed by atoms with Crippen molar-refractivity contribution in [3.05, 3.63) is 28.8 Å². The molecule has 0 aliphatic carbocycles. The first-order valence-corrected chi connectivity index (χ1v) is 4.49. The monoisotopic (exact) mass is 180 g/mol. The fourth-order valence-corrected chi connectivity index (χ4v) is 1.47. The first kappa shape index (κ1) is 10.1. The highest BCUT2D eigenvalue weighted by Gasteiger charge is 2.06. The molecule has 0 atom stereocenters. The van der Waals surface area contributed by atoms with E-state index in [1.807, 2.05) is 26.0 Å². The summed E-state index contributed by atoms with van der Waals surface area (Å²) in [6.45, 7) is 4.53. The zero-order chi connectivity index (χ0) is 9.84. The summed E-state index contributed by atoms with van der Waals surface area (Å²) in [6.07, 6.45) is 0.851. The summed E-state index contributed by atoms with van der Waals surface area (Å²) < 4.78 is 5.00. The second-order valence-corrected chi connectivity index (χ2v) is 3.22. The SMILES string of the molecule is CCc1cc(C)cc(COC)c1O. The van der Waals surface area contributed by atoms with Gasteiger partial charge in [0.15, 0.2) is 0 Å². The van der Waals surface area contributed by atoms with Gasteiger partial charge >= 0.3 is 0 Å². The second kappa shape index (κ2) is 4.28. The van der Waals surface area contributed by atoms with E-state index >= 15 is 0 Å². The Kier molecular flexibility index (Phi) is 3.32. The highest BCUT2D eigenvalue weighted by Crippen LogP contribution is 2.25. The number of benzene rings is 1. The van der Waals surface area contributed by atoms with Gasteiger partial charge in [-0.15, -0.1) is 0 Å². The molecule has 0 aliphatic rings. The average molecular weight is 180 g/mol. The van der Waals surface area contributed by atoms with Gasteiger partial charge < -0.3 is 9.84 Å². The van der Waals surface area contributed by atoms with Crippen LogP contribution in [0.4, 0.5) is 0 Å². The summed E-state index contributed by atoms with van der Waals surface area (Å²) in [6, 6.07) is 3.96. The van der Waals surface area contributed by atoms with Gasteiger partial charge in [-0.3, -0.25) is 0 Å². The van der Waals surface area contributed by atoms with Crippen molar-refractivity contribution in [1.82, 2.24) is 0 Å². The third kappa shape index (κ3) is 2.22. The Morgan fingerprint density at radius 2 is 1.92 bits per heavy atom. The Labute approximate surface area is 79.2 Å². The van der Waals surface area contributed by atoms with Crippen LogP contribution in [-0.2, 0) is 17.8 Å². The van der Waals surface area contributed by atoms with E-state index in [4.69, 9.17) is 4.74 Å². The fourth-order valence-electron chi connectivity index (χ4n) is 1.47. The van der Waals surface area contributed by atoms with E-state index in [9.17, 15) is 5.11 Å². The Bertz CT molecular complexity index is 292. The molecular weight excluding hydrogens is 164 g/mol. The van der Waals surface area contributed by atoms with Crippen LogP contribution < -0.4 is 0 Å². The van der Waals surface area contributed by atoms with Gasteiger partial charge in [-0.05, 0) is 18.9 Å². The van der Waals surface area contributed by atoms with Crippen molar-refractivity contribution >= 4 is 0 Å². The maximum Gasteiger partial charge on any atom is 0.124 e. The lowest BCUT2D eigenvalue weighted by Gasteiger charge is -2.09.